The van der Waals surface area contributed by atoms with Crippen molar-refractivity contribution in [1.29, 1.82) is 0 Å². The van der Waals surface area contributed by atoms with Crippen molar-refractivity contribution in [3.8, 4) is 10.7 Å². The normalized spacial score (nSPS) is 10.5. The van der Waals surface area contributed by atoms with Crippen molar-refractivity contribution in [2.24, 2.45) is 0 Å². The van der Waals surface area contributed by atoms with E-state index in [1.807, 2.05) is 32.4 Å². The zero-order chi connectivity index (χ0) is 10.7. The summed E-state index contributed by atoms with van der Waals surface area (Å²) in [6.45, 7) is 2.90. The van der Waals surface area contributed by atoms with Crippen LogP contribution in [0.15, 0.2) is 24.5 Å². The lowest BCUT2D eigenvalue weighted by molar-refractivity contribution is 0.829. The van der Waals surface area contributed by atoms with E-state index in [4.69, 9.17) is 0 Å². The highest BCUT2D eigenvalue weighted by Gasteiger charge is 2.04. The van der Waals surface area contributed by atoms with Gasteiger partial charge in [-0.3, -0.25) is 4.98 Å². The third kappa shape index (κ3) is 2.40. The van der Waals surface area contributed by atoms with E-state index >= 15 is 0 Å². The molecule has 3 nitrogen and oxygen atoms in total. The van der Waals surface area contributed by atoms with Gasteiger partial charge in [0.25, 0.3) is 0 Å². The molecule has 0 saturated heterocycles. The molecule has 4 heteroatoms. The first-order valence-electron chi connectivity index (χ1n) is 4.82. The Hall–Kier alpha value is -1.26. The number of nitrogens with one attached hydrogen (secondary N) is 1. The molecule has 0 radical (unpaired) electrons. The zero-order valence-electron chi connectivity index (χ0n) is 8.82. The summed E-state index contributed by atoms with van der Waals surface area (Å²) in [5.41, 5.74) is 2.12. The molecular formula is C11H13N3S. The Labute approximate surface area is 93.2 Å². The molecule has 2 heterocycles. The summed E-state index contributed by atoms with van der Waals surface area (Å²) < 4.78 is 0. The molecule has 2 aromatic heterocycles. The molecule has 15 heavy (non-hydrogen) atoms. The molecule has 0 unspecified atom stereocenters. The maximum atomic E-state index is 4.35. The largest absolute Gasteiger partial charge is 0.315 e. The maximum Gasteiger partial charge on any atom is 0.142 e. The van der Waals surface area contributed by atoms with Crippen LogP contribution >= 0.6 is 11.3 Å². The highest BCUT2D eigenvalue weighted by atomic mass is 32.1. The summed E-state index contributed by atoms with van der Waals surface area (Å²) in [5.74, 6) is 0. The molecule has 0 aliphatic heterocycles. The Kier molecular flexibility index (Phi) is 3.08. The quantitative estimate of drug-likeness (QED) is 0.860. The molecule has 0 aromatic carbocycles. The predicted octanol–water partition coefficient (Wildman–Crippen LogP) is 2.23. The Morgan fingerprint density at radius 3 is 2.80 bits per heavy atom. The second-order valence-electron chi connectivity index (χ2n) is 3.38. The predicted molar refractivity (Wildman–Crippen MR) is 62.8 cm³/mol. The van der Waals surface area contributed by atoms with Crippen LogP contribution < -0.4 is 5.32 Å². The third-order valence-electron chi connectivity index (χ3n) is 2.04. The molecule has 0 aliphatic rings. The standard InChI is InChI=1S/C11H13N3S/c1-8-3-4-10(13-5-8)11-14-7-9(15-11)6-12-2/h3-5,7,12H,6H2,1-2H3. The Morgan fingerprint density at radius 1 is 1.27 bits per heavy atom. The smallest absolute Gasteiger partial charge is 0.142 e. The van der Waals surface area contributed by atoms with Gasteiger partial charge in [-0.1, -0.05) is 6.07 Å². The van der Waals surface area contributed by atoms with Gasteiger partial charge in [0.05, 0.1) is 5.69 Å². The van der Waals surface area contributed by atoms with E-state index in [9.17, 15) is 0 Å². The van der Waals surface area contributed by atoms with Crippen molar-refractivity contribution in [2.45, 2.75) is 13.5 Å². The number of rotatable bonds is 3. The van der Waals surface area contributed by atoms with Crippen LogP contribution in [0, 0.1) is 6.92 Å². The fourth-order valence-corrected chi connectivity index (χ4v) is 2.18. The highest BCUT2D eigenvalue weighted by molar-refractivity contribution is 7.14. The van der Waals surface area contributed by atoms with Crippen LogP contribution in [0.4, 0.5) is 0 Å². The summed E-state index contributed by atoms with van der Waals surface area (Å²) in [7, 11) is 1.93. The summed E-state index contributed by atoms with van der Waals surface area (Å²) >= 11 is 1.68. The molecule has 0 spiro atoms. The first-order valence-corrected chi connectivity index (χ1v) is 5.63. The van der Waals surface area contributed by atoms with Gasteiger partial charge in [-0.05, 0) is 25.6 Å². The van der Waals surface area contributed by atoms with Crippen molar-refractivity contribution in [3.05, 3.63) is 35.0 Å². The van der Waals surface area contributed by atoms with E-state index in [2.05, 4.69) is 21.4 Å². The average molecular weight is 219 g/mol. The summed E-state index contributed by atoms with van der Waals surface area (Å²) in [4.78, 5) is 9.93. The lowest BCUT2D eigenvalue weighted by Gasteiger charge is -1.95. The molecule has 78 valence electrons. The van der Waals surface area contributed by atoms with Gasteiger partial charge in [-0.2, -0.15) is 0 Å². The van der Waals surface area contributed by atoms with Gasteiger partial charge in [0.15, 0.2) is 0 Å². The Bertz CT molecular complexity index is 433. The van der Waals surface area contributed by atoms with Crippen molar-refractivity contribution >= 4 is 11.3 Å². The monoisotopic (exact) mass is 219 g/mol. The average Bonchev–Trinajstić information content (AvgIpc) is 2.68. The number of hydrogen-bond donors (Lipinski definition) is 1. The molecule has 0 amide bonds. The second kappa shape index (κ2) is 4.51. The molecule has 0 atom stereocenters. The van der Waals surface area contributed by atoms with E-state index in [0.717, 1.165) is 17.2 Å². The van der Waals surface area contributed by atoms with Gasteiger partial charge in [-0.15, -0.1) is 11.3 Å². The van der Waals surface area contributed by atoms with E-state index in [1.54, 1.807) is 11.3 Å². The van der Waals surface area contributed by atoms with E-state index < -0.39 is 0 Å². The maximum absolute atomic E-state index is 4.35. The van der Waals surface area contributed by atoms with Crippen LogP contribution in [0.2, 0.25) is 0 Å². The van der Waals surface area contributed by atoms with Gasteiger partial charge >= 0.3 is 0 Å². The fraction of sp³-hybridized carbons (Fsp3) is 0.273. The van der Waals surface area contributed by atoms with Crippen LogP contribution in [0.1, 0.15) is 10.4 Å². The lowest BCUT2D eigenvalue weighted by Crippen LogP contribution is -2.02. The first kappa shape index (κ1) is 10.3. The number of hydrogen-bond acceptors (Lipinski definition) is 4. The van der Waals surface area contributed by atoms with Crippen molar-refractivity contribution < 1.29 is 0 Å². The fourth-order valence-electron chi connectivity index (χ4n) is 1.28. The number of aromatic nitrogens is 2. The van der Waals surface area contributed by atoms with Gasteiger partial charge < -0.3 is 5.32 Å². The van der Waals surface area contributed by atoms with E-state index in [-0.39, 0.29) is 0 Å². The molecule has 0 aliphatic carbocycles. The molecule has 0 bridgehead atoms. The summed E-state index contributed by atoms with van der Waals surface area (Å²) in [6, 6.07) is 4.07. The van der Waals surface area contributed by atoms with Gasteiger partial charge in [-0.25, -0.2) is 4.98 Å². The van der Waals surface area contributed by atoms with Crippen LogP contribution in [0.25, 0.3) is 10.7 Å². The van der Waals surface area contributed by atoms with Crippen LogP contribution in [-0.2, 0) is 6.54 Å². The SMILES string of the molecule is CNCc1cnc(-c2ccc(C)cn2)s1. The van der Waals surface area contributed by atoms with Crippen molar-refractivity contribution in [3.63, 3.8) is 0 Å². The molecule has 2 rings (SSSR count). The highest BCUT2D eigenvalue weighted by Crippen LogP contribution is 2.23. The molecule has 1 N–H and O–H groups in total. The minimum absolute atomic E-state index is 0.865. The zero-order valence-corrected chi connectivity index (χ0v) is 9.64. The second-order valence-corrected chi connectivity index (χ2v) is 4.50. The van der Waals surface area contributed by atoms with Crippen molar-refractivity contribution in [2.75, 3.05) is 7.05 Å². The van der Waals surface area contributed by atoms with Crippen molar-refractivity contribution in [1.82, 2.24) is 15.3 Å². The molecule has 0 saturated carbocycles. The van der Waals surface area contributed by atoms with Gasteiger partial charge in [0.1, 0.15) is 5.01 Å². The topological polar surface area (TPSA) is 37.8 Å². The van der Waals surface area contributed by atoms with Crippen LogP contribution in [-0.4, -0.2) is 17.0 Å². The molecule has 0 fully saturated rings. The number of pyridine rings is 1. The first-order chi connectivity index (χ1) is 7.29. The number of thiazole rings is 1. The number of aryl methyl sites for hydroxylation is 1. The number of nitrogens with zero attached hydrogens (tertiary/aromatic N) is 2. The van der Waals surface area contributed by atoms with Crippen LogP contribution in [0.5, 0.6) is 0 Å². The molecular weight excluding hydrogens is 206 g/mol. The Balaban J connectivity index is 2.25. The van der Waals surface area contributed by atoms with Crippen LogP contribution in [0.3, 0.4) is 0 Å². The van der Waals surface area contributed by atoms with Gasteiger partial charge in [0, 0.05) is 23.8 Å². The summed E-state index contributed by atoms with van der Waals surface area (Å²) in [6.07, 6.45) is 3.77. The third-order valence-corrected chi connectivity index (χ3v) is 3.05. The lowest BCUT2D eigenvalue weighted by atomic mass is 10.3. The Morgan fingerprint density at radius 2 is 2.13 bits per heavy atom. The van der Waals surface area contributed by atoms with E-state index in [1.165, 1.54) is 10.4 Å². The van der Waals surface area contributed by atoms with E-state index in [0.29, 0.717) is 0 Å². The minimum atomic E-state index is 0.865. The minimum Gasteiger partial charge on any atom is -0.315 e. The molecule has 2 aromatic rings. The van der Waals surface area contributed by atoms with Gasteiger partial charge in [0.2, 0.25) is 0 Å². The summed E-state index contributed by atoms with van der Waals surface area (Å²) in [5, 5.41) is 4.09.